The summed E-state index contributed by atoms with van der Waals surface area (Å²) in [6.07, 6.45) is 0.413. The zero-order valence-corrected chi connectivity index (χ0v) is 26.8. The molecule has 0 bridgehead atoms. The van der Waals surface area contributed by atoms with Gasteiger partial charge in [-0.05, 0) is 87.1 Å². The van der Waals surface area contributed by atoms with Gasteiger partial charge >= 0.3 is 0 Å². The molecule has 0 unspecified atom stereocenters. The van der Waals surface area contributed by atoms with Gasteiger partial charge in [-0.25, -0.2) is 13.1 Å². The summed E-state index contributed by atoms with van der Waals surface area (Å²) in [5, 5.41) is 12.0. The number of aromatic nitrogens is 3. The summed E-state index contributed by atoms with van der Waals surface area (Å²) in [7, 11) is -3.80. The van der Waals surface area contributed by atoms with Gasteiger partial charge < -0.3 is 10.1 Å². The number of rotatable bonds is 8. The minimum atomic E-state index is -3.80. The molecule has 0 saturated carbocycles. The maximum Gasteiger partial charge on any atom is 0.247 e. The number of hydrogen-bond donors (Lipinski definition) is 1. The van der Waals surface area contributed by atoms with Gasteiger partial charge in [-0.15, -0.1) is 5.10 Å². The van der Waals surface area contributed by atoms with Crippen molar-refractivity contribution >= 4 is 27.0 Å². The number of nitrogens with zero attached hydrogens (tertiary/aromatic N) is 4. The maximum absolute atomic E-state index is 13.9. The van der Waals surface area contributed by atoms with Crippen LogP contribution in [0.15, 0.2) is 59.5 Å². The number of sulfonamides is 1. The Morgan fingerprint density at radius 1 is 1.12 bits per heavy atom. The third-order valence-electron chi connectivity index (χ3n) is 8.49. The summed E-state index contributed by atoms with van der Waals surface area (Å²) in [5.41, 5.74) is 6.00. The number of nitrogens with one attached hydrogen (secondary N) is 1. The van der Waals surface area contributed by atoms with Crippen molar-refractivity contribution in [3.8, 4) is 5.75 Å². The number of fused-ring (bicyclic) bond motifs is 2. The van der Waals surface area contributed by atoms with Crippen LogP contribution in [0.2, 0.25) is 0 Å². The third-order valence-corrected chi connectivity index (χ3v) is 10.3. The fraction of sp³-hybridized carbons (Fsp3) is 0.424. The molecular weight excluding hydrogens is 562 g/mol. The Morgan fingerprint density at radius 2 is 1.86 bits per heavy atom. The van der Waals surface area contributed by atoms with Crippen molar-refractivity contribution in [2.45, 2.75) is 90.4 Å². The van der Waals surface area contributed by atoms with Gasteiger partial charge in [-0.1, -0.05) is 48.5 Å². The molecule has 1 aliphatic rings. The SMILES string of the molecule is CC[C@@H]1CN(Cc2cc([C@@H](c3ccc4c(nnn4CC)c3C)C(C)(C)NC(C)=O)ccc2C)S(=O)(=O)c2ccccc2O1. The smallest absolute Gasteiger partial charge is 0.247 e. The van der Waals surface area contributed by atoms with Crippen LogP contribution in [0.4, 0.5) is 0 Å². The van der Waals surface area contributed by atoms with E-state index < -0.39 is 15.6 Å². The van der Waals surface area contributed by atoms with Crippen LogP contribution in [0, 0.1) is 13.8 Å². The Kier molecular flexibility index (Phi) is 8.37. The van der Waals surface area contributed by atoms with Gasteiger partial charge in [0.05, 0.1) is 12.1 Å². The van der Waals surface area contributed by atoms with E-state index in [0.717, 1.165) is 38.9 Å². The predicted molar refractivity (Wildman–Crippen MR) is 168 cm³/mol. The van der Waals surface area contributed by atoms with E-state index >= 15 is 0 Å². The monoisotopic (exact) mass is 603 g/mol. The van der Waals surface area contributed by atoms with Crippen LogP contribution in [-0.2, 0) is 27.9 Å². The molecule has 0 spiro atoms. The van der Waals surface area contributed by atoms with Gasteiger partial charge in [0.15, 0.2) is 0 Å². The first-order chi connectivity index (χ1) is 20.4. The highest BCUT2D eigenvalue weighted by Crippen LogP contribution is 2.40. The molecule has 5 rings (SSSR count). The van der Waals surface area contributed by atoms with E-state index in [2.05, 4.69) is 33.8 Å². The van der Waals surface area contributed by atoms with Gasteiger partial charge in [0, 0.05) is 31.5 Å². The van der Waals surface area contributed by atoms with Crippen molar-refractivity contribution in [2.75, 3.05) is 6.54 Å². The largest absolute Gasteiger partial charge is 0.488 e. The number of ether oxygens (including phenoxy) is 1. The average Bonchev–Trinajstić information content (AvgIpc) is 3.34. The quantitative estimate of drug-likeness (QED) is 0.286. The van der Waals surface area contributed by atoms with Crippen molar-refractivity contribution in [1.29, 1.82) is 0 Å². The molecule has 10 heteroatoms. The number of para-hydroxylation sites is 1. The highest BCUT2D eigenvalue weighted by molar-refractivity contribution is 7.89. The van der Waals surface area contributed by atoms with E-state index in [-0.39, 0.29) is 35.9 Å². The van der Waals surface area contributed by atoms with Crippen LogP contribution in [-0.4, -0.2) is 51.8 Å². The van der Waals surface area contributed by atoms with Gasteiger partial charge in [-0.2, -0.15) is 4.31 Å². The summed E-state index contributed by atoms with van der Waals surface area (Å²) in [6, 6.07) is 17.2. The number of aryl methyl sites for hydroxylation is 3. The van der Waals surface area contributed by atoms with Gasteiger partial charge in [-0.3, -0.25) is 4.79 Å². The van der Waals surface area contributed by atoms with E-state index in [0.29, 0.717) is 18.7 Å². The molecule has 1 amide bonds. The summed E-state index contributed by atoms with van der Waals surface area (Å²) in [4.78, 5) is 12.6. The molecule has 2 atom stereocenters. The lowest BCUT2D eigenvalue weighted by Gasteiger charge is -2.37. The van der Waals surface area contributed by atoms with E-state index in [1.165, 1.54) is 11.2 Å². The first-order valence-corrected chi connectivity index (χ1v) is 16.3. The predicted octanol–water partition coefficient (Wildman–Crippen LogP) is 5.48. The molecule has 0 aliphatic carbocycles. The molecule has 4 aromatic rings. The zero-order valence-electron chi connectivity index (χ0n) is 26.0. The highest BCUT2D eigenvalue weighted by Gasteiger charge is 2.37. The normalized spacial score (nSPS) is 17.6. The molecule has 2 heterocycles. The van der Waals surface area contributed by atoms with Crippen LogP contribution in [0.25, 0.3) is 11.0 Å². The molecule has 0 saturated heterocycles. The first-order valence-electron chi connectivity index (χ1n) is 14.8. The van der Waals surface area contributed by atoms with Crippen LogP contribution >= 0.6 is 0 Å². The van der Waals surface area contributed by atoms with E-state index in [1.807, 2.05) is 58.4 Å². The lowest BCUT2D eigenvalue weighted by atomic mass is 9.75. The minimum absolute atomic E-state index is 0.127. The summed E-state index contributed by atoms with van der Waals surface area (Å²) < 4.78 is 37.3. The average molecular weight is 604 g/mol. The van der Waals surface area contributed by atoms with Crippen molar-refractivity contribution in [2.24, 2.45) is 0 Å². The van der Waals surface area contributed by atoms with Crippen molar-refractivity contribution in [1.82, 2.24) is 24.6 Å². The summed E-state index contributed by atoms with van der Waals surface area (Å²) >= 11 is 0. The Morgan fingerprint density at radius 3 is 2.56 bits per heavy atom. The number of amides is 1. The van der Waals surface area contributed by atoms with Gasteiger partial charge in [0.2, 0.25) is 15.9 Å². The summed E-state index contributed by atoms with van der Waals surface area (Å²) in [5.74, 6) is 0.0170. The van der Waals surface area contributed by atoms with Crippen LogP contribution in [0.3, 0.4) is 0 Å². The maximum atomic E-state index is 13.9. The second-order valence-corrected chi connectivity index (χ2v) is 13.9. The van der Waals surface area contributed by atoms with E-state index in [9.17, 15) is 13.2 Å². The lowest BCUT2D eigenvalue weighted by molar-refractivity contribution is -0.120. The molecule has 43 heavy (non-hydrogen) atoms. The van der Waals surface area contributed by atoms with Crippen molar-refractivity contribution in [3.05, 3.63) is 82.4 Å². The van der Waals surface area contributed by atoms with Gasteiger partial charge in [0.1, 0.15) is 22.3 Å². The second kappa shape index (κ2) is 11.7. The first kappa shape index (κ1) is 30.7. The second-order valence-electron chi connectivity index (χ2n) is 12.0. The number of carbonyl (C=O) groups excluding carboxylic acids is 1. The molecule has 9 nitrogen and oxygen atoms in total. The van der Waals surface area contributed by atoms with Crippen LogP contribution in [0.1, 0.15) is 74.8 Å². The molecule has 1 aromatic heterocycles. The fourth-order valence-electron chi connectivity index (χ4n) is 6.28. The fourth-order valence-corrected chi connectivity index (χ4v) is 7.85. The van der Waals surface area contributed by atoms with Gasteiger partial charge in [0.25, 0.3) is 0 Å². The van der Waals surface area contributed by atoms with E-state index in [1.54, 1.807) is 24.3 Å². The number of benzene rings is 3. The molecule has 1 aliphatic heterocycles. The molecule has 228 valence electrons. The Balaban J connectivity index is 1.62. The molecule has 0 radical (unpaired) electrons. The molecule has 0 fully saturated rings. The third kappa shape index (κ3) is 5.78. The highest BCUT2D eigenvalue weighted by atomic mass is 32.2. The van der Waals surface area contributed by atoms with E-state index in [4.69, 9.17) is 4.74 Å². The topological polar surface area (TPSA) is 106 Å². The van der Waals surface area contributed by atoms with Crippen molar-refractivity contribution < 1.29 is 17.9 Å². The molecule has 1 N–H and O–H groups in total. The molecular formula is C33H41N5O4S. The Labute approximate surface area is 254 Å². The number of carbonyl (C=O) groups is 1. The van der Waals surface area contributed by atoms with Crippen molar-refractivity contribution in [3.63, 3.8) is 0 Å². The Bertz CT molecular complexity index is 1780. The van der Waals surface area contributed by atoms with Crippen LogP contribution < -0.4 is 10.1 Å². The summed E-state index contributed by atoms with van der Waals surface area (Å²) in [6.45, 7) is 14.8. The van der Waals surface area contributed by atoms with Crippen LogP contribution in [0.5, 0.6) is 5.75 Å². The number of hydrogen-bond acceptors (Lipinski definition) is 6. The Hall–Kier alpha value is -3.76. The molecule has 3 aromatic carbocycles. The standard InChI is InChI=1S/C33H41N5O4S/c1-8-26-20-37(43(40,41)30-13-11-10-12-29(30)42-26)19-25-18-24(15-14-21(25)3)31(33(6,7)34-23(5)39)27-16-17-28-32(22(27)4)35-36-38(28)9-2/h10-18,26,31H,8-9,19-20H2,1-7H3,(H,34,39)/t26-,31+/m1/s1. The lowest BCUT2D eigenvalue weighted by Crippen LogP contribution is -2.47. The zero-order chi connectivity index (χ0) is 31.1. The minimum Gasteiger partial charge on any atom is -0.488 e.